The first-order chi connectivity index (χ1) is 12.9. The zero-order chi connectivity index (χ0) is 19.6. The average molecular weight is 367 g/mol. The number of allylic oxidation sites excluding steroid dienone is 1. The number of aryl methyl sites for hydroxylation is 1. The Morgan fingerprint density at radius 3 is 2.52 bits per heavy atom. The fraction of sp³-hybridized carbons (Fsp3) is 0.273. The number of halogens is 1. The van der Waals surface area contributed by atoms with Gasteiger partial charge in [0.05, 0.1) is 5.57 Å². The second-order valence-electron chi connectivity index (χ2n) is 7.04. The van der Waals surface area contributed by atoms with Crippen LogP contribution in [0.4, 0.5) is 4.39 Å². The van der Waals surface area contributed by atoms with Crippen LogP contribution in [0, 0.1) is 12.7 Å². The van der Waals surface area contributed by atoms with Gasteiger partial charge in [-0.1, -0.05) is 42.5 Å². The van der Waals surface area contributed by atoms with Gasteiger partial charge in [0, 0.05) is 6.42 Å². The lowest BCUT2D eigenvalue weighted by Crippen LogP contribution is -2.55. The molecule has 3 rings (SSSR count). The van der Waals surface area contributed by atoms with Gasteiger partial charge in [0.2, 0.25) is 0 Å². The Morgan fingerprint density at radius 2 is 1.89 bits per heavy atom. The number of hydrogen-bond acceptors (Lipinski definition) is 3. The first kappa shape index (κ1) is 18.8. The Labute approximate surface area is 158 Å². The van der Waals surface area contributed by atoms with Crippen LogP contribution in [0.1, 0.15) is 30.5 Å². The summed E-state index contributed by atoms with van der Waals surface area (Å²) in [6, 6.07) is 14.0. The maximum Gasteiger partial charge on any atom is 0.261 e. The molecule has 5 heteroatoms. The number of carbonyl (C=O) groups is 2. The minimum atomic E-state index is -1.11. The van der Waals surface area contributed by atoms with Crippen molar-refractivity contribution < 1.29 is 18.7 Å². The van der Waals surface area contributed by atoms with Crippen LogP contribution < -0.4 is 0 Å². The van der Waals surface area contributed by atoms with Crippen LogP contribution in [0.5, 0.6) is 0 Å². The van der Waals surface area contributed by atoms with E-state index < -0.39 is 5.54 Å². The second kappa shape index (κ2) is 7.35. The van der Waals surface area contributed by atoms with Crippen molar-refractivity contribution in [2.24, 2.45) is 0 Å². The third kappa shape index (κ3) is 3.63. The molecule has 0 aromatic heterocycles. The van der Waals surface area contributed by atoms with Crippen LogP contribution >= 0.6 is 0 Å². The van der Waals surface area contributed by atoms with E-state index in [0.717, 1.165) is 17.4 Å². The maximum atomic E-state index is 13.6. The molecule has 0 aliphatic carbocycles. The highest BCUT2D eigenvalue weighted by atomic mass is 19.1. The van der Waals surface area contributed by atoms with E-state index in [-0.39, 0.29) is 24.9 Å². The van der Waals surface area contributed by atoms with Crippen molar-refractivity contribution in [1.82, 2.24) is 4.90 Å². The minimum absolute atomic E-state index is 0.00355. The lowest BCUT2D eigenvalue weighted by atomic mass is 9.90. The normalized spacial score (nSPS) is 16.7. The molecule has 0 N–H and O–H groups in total. The van der Waals surface area contributed by atoms with Crippen molar-refractivity contribution in [3.8, 4) is 0 Å². The summed E-state index contributed by atoms with van der Waals surface area (Å²) < 4.78 is 19.3. The fourth-order valence-electron chi connectivity index (χ4n) is 3.32. The Balaban J connectivity index is 1.94. The molecule has 0 spiro atoms. The Kier molecular flexibility index (Phi) is 5.13. The number of benzene rings is 2. The van der Waals surface area contributed by atoms with Crippen LogP contribution in [0.25, 0.3) is 5.57 Å². The SMILES string of the molecule is CC1=C(c2ccccc2)C(=O)N(C(C)(C=O)Cc2ccc(F)c(C)c2)CO1. The van der Waals surface area contributed by atoms with Gasteiger partial charge in [0.25, 0.3) is 5.91 Å². The molecule has 0 saturated heterocycles. The molecule has 27 heavy (non-hydrogen) atoms. The fourth-order valence-corrected chi connectivity index (χ4v) is 3.32. The molecule has 4 nitrogen and oxygen atoms in total. The van der Waals surface area contributed by atoms with Crippen molar-refractivity contribution in [3.63, 3.8) is 0 Å². The van der Waals surface area contributed by atoms with Crippen molar-refractivity contribution >= 4 is 17.8 Å². The van der Waals surface area contributed by atoms with E-state index in [9.17, 15) is 14.0 Å². The first-order valence-corrected chi connectivity index (χ1v) is 8.78. The van der Waals surface area contributed by atoms with Gasteiger partial charge in [-0.15, -0.1) is 0 Å². The summed E-state index contributed by atoms with van der Waals surface area (Å²) >= 11 is 0. The monoisotopic (exact) mass is 367 g/mol. The number of aldehydes is 1. The third-order valence-corrected chi connectivity index (χ3v) is 4.94. The standard InChI is InChI=1S/C22H22FNO3/c1-15-11-17(9-10-19(15)23)12-22(3,13-25)24-14-27-16(2)20(21(24)26)18-7-5-4-6-8-18/h4-11,13H,12,14H2,1-3H3. The molecule has 0 radical (unpaired) electrons. The summed E-state index contributed by atoms with van der Waals surface area (Å²) in [5.74, 6) is -0.0134. The van der Waals surface area contributed by atoms with Gasteiger partial charge in [-0.25, -0.2) is 4.39 Å². The summed E-state index contributed by atoms with van der Waals surface area (Å²) in [5.41, 5.74) is 1.37. The molecule has 0 saturated carbocycles. The molecule has 1 amide bonds. The van der Waals surface area contributed by atoms with Crippen LogP contribution in [0.15, 0.2) is 54.3 Å². The van der Waals surface area contributed by atoms with Crippen molar-refractivity contribution in [2.75, 3.05) is 6.73 Å². The van der Waals surface area contributed by atoms with Crippen LogP contribution in [-0.2, 0) is 20.7 Å². The largest absolute Gasteiger partial charge is 0.477 e. The molecule has 1 aliphatic heterocycles. The molecular weight excluding hydrogens is 345 g/mol. The third-order valence-electron chi connectivity index (χ3n) is 4.94. The van der Waals surface area contributed by atoms with E-state index in [1.165, 1.54) is 11.0 Å². The number of amides is 1. The van der Waals surface area contributed by atoms with Crippen molar-refractivity contribution in [3.05, 3.63) is 76.8 Å². The van der Waals surface area contributed by atoms with Gasteiger partial charge in [-0.2, -0.15) is 0 Å². The first-order valence-electron chi connectivity index (χ1n) is 8.78. The molecule has 1 atom stereocenters. The van der Waals surface area contributed by atoms with Crippen molar-refractivity contribution in [2.45, 2.75) is 32.7 Å². The van der Waals surface area contributed by atoms with Gasteiger partial charge in [-0.3, -0.25) is 9.69 Å². The number of rotatable bonds is 5. The predicted molar refractivity (Wildman–Crippen MR) is 101 cm³/mol. The number of nitrogens with zero attached hydrogens (tertiary/aromatic N) is 1. The predicted octanol–water partition coefficient (Wildman–Crippen LogP) is 3.88. The highest BCUT2D eigenvalue weighted by molar-refractivity contribution is 6.21. The van der Waals surface area contributed by atoms with Gasteiger partial charge in [0.1, 0.15) is 23.4 Å². The summed E-state index contributed by atoms with van der Waals surface area (Å²) in [5, 5.41) is 0. The highest BCUT2D eigenvalue weighted by Gasteiger charge is 2.40. The quantitative estimate of drug-likeness (QED) is 0.754. The Morgan fingerprint density at radius 1 is 1.19 bits per heavy atom. The van der Waals surface area contributed by atoms with E-state index in [4.69, 9.17) is 4.74 Å². The molecule has 0 bridgehead atoms. The van der Waals surface area contributed by atoms with Crippen LogP contribution in [0.3, 0.4) is 0 Å². The molecule has 1 heterocycles. The van der Waals surface area contributed by atoms with Gasteiger partial charge < -0.3 is 9.53 Å². The second-order valence-corrected chi connectivity index (χ2v) is 7.04. The molecule has 1 aliphatic rings. The molecular formula is C22H22FNO3. The van der Waals surface area contributed by atoms with Crippen LogP contribution in [0.2, 0.25) is 0 Å². The molecule has 0 fully saturated rings. The summed E-state index contributed by atoms with van der Waals surface area (Å²) in [6.45, 7) is 5.12. The zero-order valence-electron chi connectivity index (χ0n) is 15.7. The van der Waals surface area contributed by atoms with E-state index in [2.05, 4.69) is 0 Å². The molecule has 2 aromatic carbocycles. The lowest BCUT2D eigenvalue weighted by Gasteiger charge is -2.40. The van der Waals surface area contributed by atoms with Gasteiger partial charge in [0.15, 0.2) is 6.73 Å². The average Bonchev–Trinajstić information content (AvgIpc) is 2.65. The number of hydrogen-bond donors (Lipinski definition) is 0. The number of carbonyl (C=O) groups excluding carboxylic acids is 2. The lowest BCUT2D eigenvalue weighted by molar-refractivity contribution is -0.144. The molecule has 1 unspecified atom stereocenters. The minimum Gasteiger partial charge on any atom is -0.477 e. The molecule has 140 valence electrons. The van der Waals surface area contributed by atoms with E-state index >= 15 is 0 Å². The van der Waals surface area contributed by atoms with E-state index in [1.807, 2.05) is 30.3 Å². The zero-order valence-corrected chi connectivity index (χ0v) is 15.7. The summed E-state index contributed by atoms with van der Waals surface area (Å²) in [4.78, 5) is 26.7. The van der Waals surface area contributed by atoms with Crippen LogP contribution in [-0.4, -0.2) is 29.4 Å². The Bertz CT molecular complexity index is 907. The molecule has 2 aromatic rings. The maximum absolute atomic E-state index is 13.6. The van der Waals surface area contributed by atoms with Gasteiger partial charge >= 0.3 is 0 Å². The smallest absolute Gasteiger partial charge is 0.261 e. The summed E-state index contributed by atoms with van der Waals surface area (Å²) in [7, 11) is 0. The van der Waals surface area contributed by atoms with E-state index in [1.54, 1.807) is 32.9 Å². The Hall–Kier alpha value is -2.95. The van der Waals surface area contributed by atoms with Crippen molar-refractivity contribution in [1.29, 1.82) is 0 Å². The topological polar surface area (TPSA) is 46.6 Å². The summed E-state index contributed by atoms with van der Waals surface area (Å²) in [6.07, 6.45) is 1.03. The van der Waals surface area contributed by atoms with Gasteiger partial charge in [-0.05, 0) is 43.5 Å². The number of ether oxygens (including phenoxy) is 1. The highest BCUT2D eigenvalue weighted by Crippen LogP contribution is 2.31. The van der Waals surface area contributed by atoms with E-state index in [0.29, 0.717) is 16.9 Å².